The Morgan fingerprint density at radius 1 is 0.975 bits per heavy atom. The average Bonchev–Trinajstić information content (AvgIpc) is 3.44. The van der Waals surface area contributed by atoms with Crippen LogP contribution in [0.1, 0.15) is 55.9 Å². The second-order valence-corrected chi connectivity index (χ2v) is 13.7. The van der Waals surface area contributed by atoms with Crippen LogP contribution in [0.5, 0.6) is 5.75 Å². The minimum Gasteiger partial charge on any atom is -0.476 e. The number of benzene rings is 3. The third-order valence-electron chi connectivity index (χ3n) is 7.76. The number of carbonyl (C=O) groups excluding carboxylic acids is 1. The van der Waals surface area contributed by atoms with Gasteiger partial charge in [0.15, 0.2) is 6.10 Å². The molecule has 7 nitrogen and oxygen atoms in total. The van der Waals surface area contributed by atoms with Crippen LogP contribution in [0.3, 0.4) is 0 Å². The third kappa shape index (κ3) is 6.03. The highest BCUT2D eigenvalue weighted by molar-refractivity contribution is 7.92. The molecule has 1 N–H and O–H groups in total. The lowest BCUT2D eigenvalue weighted by Crippen LogP contribution is -2.50. The molecular weight excluding hydrogens is 522 g/mol. The highest BCUT2D eigenvalue weighted by Crippen LogP contribution is 2.40. The van der Waals surface area contributed by atoms with Crippen LogP contribution in [0, 0.1) is 6.92 Å². The van der Waals surface area contributed by atoms with Crippen LogP contribution in [-0.2, 0) is 33.3 Å². The van der Waals surface area contributed by atoms with Crippen molar-refractivity contribution in [3.8, 4) is 5.75 Å². The molecule has 8 heteroatoms. The van der Waals surface area contributed by atoms with Gasteiger partial charge in [0.1, 0.15) is 5.75 Å². The van der Waals surface area contributed by atoms with E-state index >= 15 is 0 Å². The Balaban J connectivity index is 1.40. The lowest BCUT2D eigenvalue weighted by atomic mass is 9.86. The Hall–Kier alpha value is -3.36. The maximum absolute atomic E-state index is 13.9. The molecule has 0 aromatic heterocycles. The van der Waals surface area contributed by atoms with Crippen LogP contribution >= 0.6 is 0 Å². The molecule has 2 aliphatic heterocycles. The number of aryl methyl sites for hydroxylation is 1. The summed E-state index contributed by atoms with van der Waals surface area (Å²) in [4.78, 5) is 16.1. The zero-order valence-corrected chi connectivity index (χ0v) is 24.6. The number of nitrogens with zero attached hydrogens (tertiary/aromatic N) is 2. The number of nitrogens with one attached hydrogen (secondary N) is 1. The first-order valence-electron chi connectivity index (χ1n) is 14.0. The number of rotatable bonds is 7. The van der Waals surface area contributed by atoms with Crippen molar-refractivity contribution in [3.63, 3.8) is 0 Å². The summed E-state index contributed by atoms with van der Waals surface area (Å²) in [7, 11) is -3.94. The van der Waals surface area contributed by atoms with Gasteiger partial charge in [-0.2, -0.15) is 0 Å². The molecule has 3 aromatic rings. The molecule has 1 amide bonds. The summed E-state index contributed by atoms with van der Waals surface area (Å²) in [6, 6.07) is 20.5. The van der Waals surface area contributed by atoms with Crippen molar-refractivity contribution in [2.24, 2.45) is 0 Å². The Morgan fingerprint density at radius 3 is 2.33 bits per heavy atom. The quantitative estimate of drug-likeness (QED) is 0.431. The van der Waals surface area contributed by atoms with Crippen LogP contribution < -0.4 is 14.4 Å². The highest BCUT2D eigenvalue weighted by Gasteiger charge is 2.38. The largest absolute Gasteiger partial charge is 0.476 e. The van der Waals surface area contributed by atoms with E-state index in [1.54, 1.807) is 30.3 Å². The number of anilines is 1. The van der Waals surface area contributed by atoms with Gasteiger partial charge >= 0.3 is 0 Å². The molecule has 2 heterocycles. The van der Waals surface area contributed by atoms with Gasteiger partial charge < -0.3 is 10.1 Å². The Kier molecular flexibility index (Phi) is 7.93. The summed E-state index contributed by atoms with van der Waals surface area (Å²) >= 11 is 0. The summed E-state index contributed by atoms with van der Waals surface area (Å²) < 4.78 is 35.3. The van der Waals surface area contributed by atoms with Crippen LogP contribution in [0.25, 0.3) is 0 Å². The van der Waals surface area contributed by atoms with Crippen LogP contribution in [0.4, 0.5) is 5.69 Å². The van der Waals surface area contributed by atoms with Crippen molar-refractivity contribution in [2.75, 3.05) is 23.9 Å². The van der Waals surface area contributed by atoms with Crippen molar-refractivity contribution < 1.29 is 17.9 Å². The van der Waals surface area contributed by atoms with E-state index in [1.165, 1.54) is 22.7 Å². The Labute approximate surface area is 238 Å². The fourth-order valence-electron chi connectivity index (χ4n) is 5.28. The van der Waals surface area contributed by atoms with E-state index in [1.807, 2.05) is 37.3 Å². The van der Waals surface area contributed by atoms with E-state index in [9.17, 15) is 13.2 Å². The van der Waals surface area contributed by atoms with Gasteiger partial charge in [-0.1, -0.05) is 68.8 Å². The van der Waals surface area contributed by atoms with Crippen molar-refractivity contribution in [1.29, 1.82) is 0 Å². The van der Waals surface area contributed by atoms with Crippen molar-refractivity contribution in [3.05, 3.63) is 89.0 Å². The maximum Gasteiger partial charge on any atom is 0.264 e. The van der Waals surface area contributed by atoms with Gasteiger partial charge in [-0.15, -0.1) is 0 Å². The molecule has 0 radical (unpaired) electrons. The molecule has 1 atom stereocenters. The number of hydrogen-bond donors (Lipinski definition) is 1. The smallest absolute Gasteiger partial charge is 0.264 e. The predicted molar refractivity (Wildman–Crippen MR) is 158 cm³/mol. The fraction of sp³-hybridized carbons (Fsp3) is 0.406. The van der Waals surface area contributed by atoms with Gasteiger partial charge in [0.2, 0.25) is 0 Å². The number of hydrogen-bond acceptors (Lipinski definition) is 5. The second kappa shape index (κ2) is 11.3. The van der Waals surface area contributed by atoms with E-state index in [0.717, 1.165) is 36.3 Å². The fourth-order valence-corrected chi connectivity index (χ4v) is 6.75. The summed E-state index contributed by atoms with van der Waals surface area (Å²) in [5.41, 5.74) is 4.46. The molecule has 40 heavy (non-hydrogen) atoms. The molecule has 1 fully saturated rings. The van der Waals surface area contributed by atoms with Crippen molar-refractivity contribution in [2.45, 2.75) is 70.0 Å². The molecule has 0 aliphatic carbocycles. The number of sulfonamides is 1. The lowest BCUT2D eigenvalue weighted by Gasteiger charge is -2.36. The normalized spacial score (nSPS) is 17.8. The van der Waals surface area contributed by atoms with Crippen LogP contribution in [0.15, 0.2) is 71.6 Å². The number of amides is 1. The van der Waals surface area contributed by atoms with E-state index in [0.29, 0.717) is 18.0 Å². The molecule has 5 rings (SSSR count). The number of carbonyl (C=O) groups is 1. The Morgan fingerprint density at radius 2 is 1.65 bits per heavy atom. The first-order chi connectivity index (χ1) is 19.0. The molecule has 0 unspecified atom stereocenters. The predicted octanol–water partition coefficient (Wildman–Crippen LogP) is 5.16. The zero-order chi connectivity index (χ0) is 28.5. The Bertz CT molecular complexity index is 1470. The molecule has 3 aromatic carbocycles. The first kappa shape index (κ1) is 28.2. The van der Waals surface area contributed by atoms with Crippen LogP contribution in [0.2, 0.25) is 0 Å². The first-order valence-corrected chi connectivity index (χ1v) is 15.4. The molecule has 212 valence electrons. The molecule has 0 spiro atoms. The van der Waals surface area contributed by atoms with Gasteiger partial charge in [-0.05, 0) is 79.2 Å². The summed E-state index contributed by atoms with van der Waals surface area (Å²) in [5, 5.41) is 3.02. The van der Waals surface area contributed by atoms with Gasteiger partial charge in [0.05, 0.1) is 17.1 Å². The zero-order valence-electron chi connectivity index (χ0n) is 23.8. The molecule has 0 bridgehead atoms. The summed E-state index contributed by atoms with van der Waals surface area (Å²) in [6.07, 6.45) is 1.45. The maximum atomic E-state index is 13.9. The van der Waals surface area contributed by atoms with E-state index in [2.05, 4.69) is 37.1 Å². The lowest BCUT2D eigenvalue weighted by molar-refractivity contribution is -0.127. The molecule has 0 saturated carbocycles. The van der Waals surface area contributed by atoms with Crippen molar-refractivity contribution >= 4 is 21.6 Å². The molecule has 1 saturated heterocycles. The average molecular weight is 562 g/mol. The third-order valence-corrected chi connectivity index (χ3v) is 9.55. The highest BCUT2D eigenvalue weighted by atomic mass is 32.2. The number of fused-ring (bicyclic) bond motifs is 1. The summed E-state index contributed by atoms with van der Waals surface area (Å²) in [6.45, 7) is 11.4. The minimum atomic E-state index is -3.94. The van der Waals surface area contributed by atoms with E-state index < -0.39 is 16.1 Å². The SMILES string of the molecule is Cc1ccc(S(=O)(=O)N2C[C@@H](C(=O)NCc3ccccc3CN3CCCC3)Oc3ccc(C(C)(C)C)cc32)cc1. The molecular formula is C32H39N3O4S. The number of likely N-dealkylation sites (tertiary alicyclic amines) is 1. The topological polar surface area (TPSA) is 79.0 Å². The minimum absolute atomic E-state index is 0.113. The van der Waals surface area contributed by atoms with Crippen LogP contribution in [-0.4, -0.2) is 45.0 Å². The van der Waals surface area contributed by atoms with Gasteiger partial charge in [-0.3, -0.25) is 14.0 Å². The standard InChI is InChI=1S/C32H39N3O4S/c1-23-11-14-27(15-12-23)40(37,38)35-22-30(39-29-16-13-26(19-28(29)35)32(2,3)4)31(36)33-20-24-9-5-6-10-25(24)21-34-17-7-8-18-34/h5-6,9-16,19,30H,7-8,17-18,20-22H2,1-4H3,(H,33,36)/t30-/m0/s1. The second-order valence-electron chi connectivity index (χ2n) is 11.9. The van der Waals surface area contributed by atoms with Crippen molar-refractivity contribution in [1.82, 2.24) is 10.2 Å². The monoisotopic (exact) mass is 561 g/mol. The van der Waals surface area contributed by atoms with Gasteiger partial charge in [0, 0.05) is 13.1 Å². The van der Waals surface area contributed by atoms with E-state index in [-0.39, 0.29) is 22.8 Å². The molecule has 2 aliphatic rings. The van der Waals surface area contributed by atoms with E-state index in [4.69, 9.17) is 4.74 Å². The summed E-state index contributed by atoms with van der Waals surface area (Å²) in [5.74, 6) is 0.0372. The number of ether oxygens (including phenoxy) is 1. The van der Waals surface area contributed by atoms with Gasteiger partial charge in [-0.25, -0.2) is 8.42 Å². The van der Waals surface area contributed by atoms with Gasteiger partial charge in [0.25, 0.3) is 15.9 Å².